The van der Waals surface area contributed by atoms with E-state index in [0.717, 1.165) is 18.0 Å². The van der Waals surface area contributed by atoms with E-state index in [9.17, 15) is 8.42 Å². The first-order valence-corrected chi connectivity index (χ1v) is 8.02. The van der Waals surface area contributed by atoms with E-state index in [1.54, 1.807) is 25.1 Å². The Labute approximate surface area is 128 Å². The maximum absolute atomic E-state index is 12.2. The van der Waals surface area contributed by atoms with Crippen LogP contribution in [-0.4, -0.2) is 25.0 Å². The molecular formula is C13H14ClN3O3S. The summed E-state index contributed by atoms with van der Waals surface area (Å²) in [5.74, 6) is 0.688. The van der Waals surface area contributed by atoms with E-state index in [1.165, 1.54) is 0 Å². The van der Waals surface area contributed by atoms with Crippen molar-refractivity contribution in [2.24, 2.45) is 0 Å². The van der Waals surface area contributed by atoms with Gasteiger partial charge in [0.25, 0.3) is 10.0 Å². The average Bonchev–Trinajstić information content (AvgIpc) is 2.42. The van der Waals surface area contributed by atoms with Gasteiger partial charge in [-0.3, -0.25) is 4.72 Å². The topological polar surface area (TPSA) is 81.2 Å². The zero-order chi connectivity index (χ0) is 15.5. The maximum Gasteiger partial charge on any atom is 0.264 e. The van der Waals surface area contributed by atoms with E-state index >= 15 is 0 Å². The molecule has 112 valence electrons. The Morgan fingerprint density at radius 2 is 1.95 bits per heavy atom. The third kappa shape index (κ3) is 3.83. The zero-order valence-corrected chi connectivity index (χ0v) is 13.1. The van der Waals surface area contributed by atoms with Gasteiger partial charge in [-0.05, 0) is 49.2 Å². The Balaban J connectivity index is 2.26. The molecule has 1 aromatic carbocycles. The number of aryl methyl sites for hydroxylation is 1. The molecule has 0 atom stereocenters. The summed E-state index contributed by atoms with van der Waals surface area (Å²) >= 11 is 5.54. The van der Waals surface area contributed by atoms with Crippen LogP contribution in [0.4, 0.5) is 5.69 Å². The highest BCUT2D eigenvalue weighted by atomic mass is 35.5. The van der Waals surface area contributed by atoms with Crippen LogP contribution < -0.4 is 9.46 Å². The molecule has 1 aromatic heterocycles. The summed E-state index contributed by atoms with van der Waals surface area (Å²) in [6, 6.07) is 5.11. The van der Waals surface area contributed by atoms with Crippen LogP contribution in [0.3, 0.4) is 0 Å². The number of anilines is 1. The lowest BCUT2D eigenvalue weighted by molar-refractivity contribution is 0.340. The van der Waals surface area contributed by atoms with Gasteiger partial charge in [-0.15, -0.1) is 0 Å². The van der Waals surface area contributed by atoms with Crippen molar-refractivity contribution in [3.63, 3.8) is 0 Å². The van der Waals surface area contributed by atoms with Crippen molar-refractivity contribution in [2.45, 2.75) is 18.7 Å². The van der Waals surface area contributed by atoms with Gasteiger partial charge in [0, 0.05) is 0 Å². The molecule has 8 heteroatoms. The number of sulfonamides is 1. The van der Waals surface area contributed by atoms with Gasteiger partial charge in [0.2, 0.25) is 5.28 Å². The predicted molar refractivity (Wildman–Crippen MR) is 80.2 cm³/mol. The normalized spacial score (nSPS) is 11.2. The molecule has 1 N–H and O–H groups in total. The molecule has 0 saturated carbocycles. The highest BCUT2D eigenvalue weighted by molar-refractivity contribution is 7.92. The molecule has 0 saturated heterocycles. The third-order valence-corrected chi connectivity index (χ3v) is 4.18. The van der Waals surface area contributed by atoms with E-state index in [2.05, 4.69) is 14.7 Å². The first-order chi connectivity index (χ1) is 9.92. The smallest absolute Gasteiger partial charge is 0.264 e. The van der Waals surface area contributed by atoms with E-state index in [1.807, 2.05) is 6.92 Å². The van der Waals surface area contributed by atoms with Gasteiger partial charge in [0.05, 0.1) is 24.7 Å². The van der Waals surface area contributed by atoms with Crippen molar-refractivity contribution in [2.75, 3.05) is 11.3 Å². The Hall–Kier alpha value is -1.86. The van der Waals surface area contributed by atoms with Crippen LogP contribution in [0.25, 0.3) is 0 Å². The molecule has 0 aliphatic heterocycles. The Morgan fingerprint density at radius 1 is 1.29 bits per heavy atom. The molecule has 2 aromatic rings. The number of rotatable bonds is 5. The summed E-state index contributed by atoms with van der Waals surface area (Å²) in [6.45, 7) is 4.22. The van der Waals surface area contributed by atoms with Gasteiger partial charge in [-0.2, -0.15) is 0 Å². The minimum atomic E-state index is -3.75. The van der Waals surface area contributed by atoms with Crippen LogP contribution in [0.5, 0.6) is 5.75 Å². The van der Waals surface area contributed by atoms with Crippen molar-refractivity contribution in [1.29, 1.82) is 0 Å². The highest BCUT2D eigenvalue weighted by Crippen LogP contribution is 2.23. The van der Waals surface area contributed by atoms with Crippen molar-refractivity contribution in [1.82, 2.24) is 9.97 Å². The number of aromatic nitrogens is 2. The van der Waals surface area contributed by atoms with Crippen molar-refractivity contribution in [3.8, 4) is 5.75 Å². The molecule has 1 heterocycles. The van der Waals surface area contributed by atoms with Crippen molar-refractivity contribution >= 4 is 27.3 Å². The van der Waals surface area contributed by atoms with Crippen LogP contribution in [-0.2, 0) is 10.0 Å². The lowest BCUT2D eigenvalue weighted by Gasteiger charge is -2.11. The molecule has 0 bridgehead atoms. The van der Waals surface area contributed by atoms with Crippen LogP contribution in [0.1, 0.15) is 12.5 Å². The quantitative estimate of drug-likeness (QED) is 0.854. The first kappa shape index (κ1) is 15.5. The second-order valence-corrected chi connectivity index (χ2v) is 6.22. The summed E-state index contributed by atoms with van der Waals surface area (Å²) in [6.07, 6.45) is 2.31. The summed E-state index contributed by atoms with van der Waals surface area (Å²) < 4.78 is 32.3. The van der Waals surface area contributed by atoms with Crippen molar-refractivity contribution < 1.29 is 13.2 Å². The van der Waals surface area contributed by atoms with Gasteiger partial charge in [0.1, 0.15) is 10.6 Å². The van der Waals surface area contributed by atoms with Gasteiger partial charge < -0.3 is 4.74 Å². The number of hydrogen-bond donors (Lipinski definition) is 1. The monoisotopic (exact) mass is 327 g/mol. The summed E-state index contributed by atoms with van der Waals surface area (Å²) in [5.41, 5.74) is 1.22. The molecule has 0 unspecified atom stereocenters. The Morgan fingerprint density at radius 3 is 2.52 bits per heavy atom. The average molecular weight is 328 g/mol. The molecule has 0 aliphatic rings. The van der Waals surface area contributed by atoms with Crippen LogP contribution >= 0.6 is 11.6 Å². The largest absolute Gasteiger partial charge is 0.494 e. The minimum absolute atomic E-state index is 0.00815. The molecule has 0 aliphatic carbocycles. The number of nitrogens with zero attached hydrogens (tertiary/aromatic N) is 2. The molecule has 0 spiro atoms. The fourth-order valence-corrected chi connectivity index (χ4v) is 2.77. The second kappa shape index (κ2) is 6.28. The number of ether oxygens (including phenoxy) is 1. The number of nitrogens with one attached hydrogen (secondary N) is 1. The fraction of sp³-hybridized carbons (Fsp3) is 0.231. The minimum Gasteiger partial charge on any atom is -0.494 e. The standard InChI is InChI=1S/C13H14ClN3O3S/c1-3-20-10-4-5-12(9(2)6-10)17-21(18,19)11-7-15-13(14)16-8-11/h4-8,17H,3H2,1-2H3. The van der Waals surface area contributed by atoms with Gasteiger partial charge in [-0.25, -0.2) is 18.4 Å². The summed E-state index contributed by atoms with van der Waals surface area (Å²) in [4.78, 5) is 7.27. The molecule has 0 radical (unpaired) electrons. The third-order valence-electron chi connectivity index (χ3n) is 2.66. The van der Waals surface area contributed by atoms with Crippen LogP contribution in [0.2, 0.25) is 5.28 Å². The van der Waals surface area contributed by atoms with E-state index in [4.69, 9.17) is 16.3 Å². The molecule has 0 amide bonds. The van der Waals surface area contributed by atoms with E-state index < -0.39 is 10.0 Å². The predicted octanol–water partition coefficient (Wildman–Crippen LogP) is 2.64. The fourth-order valence-electron chi connectivity index (χ4n) is 1.65. The Bertz CT molecular complexity index is 733. The first-order valence-electron chi connectivity index (χ1n) is 6.16. The second-order valence-electron chi connectivity index (χ2n) is 4.20. The summed E-state index contributed by atoms with van der Waals surface area (Å²) in [5, 5.41) is -0.00815. The Kier molecular flexibility index (Phi) is 4.64. The lowest BCUT2D eigenvalue weighted by atomic mass is 10.2. The molecular weight excluding hydrogens is 314 g/mol. The number of benzene rings is 1. The van der Waals surface area contributed by atoms with Gasteiger partial charge in [0.15, 0.2) is 0 Å². The number of halogens is 1. The number of hydrogen-bond acceptors (Lipinski definition) is 5. The highest BCUT2D eigenvalue weighted by Gasteiger charge is 2.16. The lowest BCUT2D eigenvalue weighted by Crippen LogP contribution is -2.14. The van der Waals surface area contributed by atoms with E-state index in [-0.39, 0.29) is 10.2 Å². The zero-order valence-electron chi connectivity index (χ0n) is 11.5. The molecule has 0 fully saturated rings. The molecule has 21 heavy (non-hydrogen) atoms. The SMILES string of the molecule is CCOc1ccc(NS(=O)(=O)c2cnc(Cl)nc2)c(C)c1. The molecule has 2 rings (SSSR count). The van der Waals surface area contributed by atoms with Gasteiger partial charge in [-0.1, -0.05) is 0 Å². The molecule has 6 nitrogen and oxygen atoms in total. The summed E-state index contributed by atoms with van der Waals surface area (Å²) in [7, 11) is -3.75. The van der Waals surface area contributed by atoms with E-state index in [0.29, 0.717) is 18.0 Å². The van der Waals surface area contributed by atoms with Crippen LogP contribution in [0, 0.1) is 6.92 Å². The van der Waals surface area contributed by atoms with Crippen molar-refractivity contribution in [3.05, 3.63) is 41.4 Å². The van der Waals surface area contributed by atoms with Crippen LogP contribution in [0.15, 0.2) is 35.5 Å². The maximum atomic E-state index is 12.2. The van der Waals surface area contributed by atoms with Gasteiger partial charge >= 0.3 is 0 Å².